The summed E-state index contributed by atoms with van der Waals surface area (Å²) < 4.78 is 17.0. The number of ketones is 1. The van der Waals surface area contributed by atoms with Gasteiger partial charge in [0.2, 0.25) is 0 Å². The summed E-state index contributed by atoms with van der Waals surface area (Å²) in [7, 11) is 1.61. The van der Waals surface area contributed by atoms with Crippen LogP contribution in [0.1, 0.15) is 28.4 Å². The molecule has 5 nitrogen and oxygen atoms in total. The summed E-state index contributed by atoms with van der Waals surface area (Å²) >= 11 is 0. The van der Waals surface area contributed by atoms with Crippen LogP contribution < -0.4 is 14.2 Å². The second-order valence-corrected chi connectivity index (χ2v) is 6.48. The number of hydrogen-bond donors (Lipinski definition) is 1. The molecule has 5 heteroatoms. The van der Waals surface area contributed by atoms with E-state index in [1.54, 1.807) is 25.3 Å². The Kier molecular flexibility index (Phi) is 7.11. The summed E-state index contributed by atoms with van der Waals surface area (Å²) in [6.07, 6.45) is 3.25. The first-order valence-corrected chi connectivity index (χ1v) is 9.63. The van der Waals surface area contributed by atoms with Crippen molar-refractivity contribution in [3.63, 3.8) is 0 Å². The normalized spacial score (nSPS) is 10.7. The highest BCUT2D eigenvalue weighted by Gasteiger charge is 2.09. The van der Waals surface area contributed by atoms with E-state index >= 15 is 0 Å². The lowest BCUT2D eigenvalue weighted by atomic mass is 10.1. The lowest BCUT2D eigenvalue weighted by Crippen LogP contribution is -2.01. The van der Waals surface area contributed by atoms with E-state index in [1.807, 2.05) is 49.4 Å². The molecular weight excluding hydrogens is 380 g/mol. The molecule has 0 spiro atoms. The summed E-state index contributed by atoms with van der Waals surface area (Å²) in [4.78, 5) is 12.3. The minimum absolute atomic E-state index is 0.126. The van der Waals surface area contributed by atoms with E-state index in [0.717, 1.165) is 11.1 Å². The van der Waals surface area contributed by atoms with Gasteiger partial charge in [-0.1, -0.05) is 24.3 Å². The predicted octanol–water partition coefficient (Wildman–Crippen LogP) is 5.27. The Labute approximate surface area is 176 Å². The average Bonchev–Trinajstić information content (AvgIpc) is 2.77. The lowest BCUT2D eigenvalue weighted by molar-refractivity contribution is 0.104. The summed E-state index contributed by atoms with van der Waals surface area (Å²) in [6, 6.07) is 19.3. The third-order valence-electron chi connectivity index (χ3n) is 4.42. The fraction of sp³-hybridized carbons (Fsp3) is 0.160. The zero-order chi connectivity index (χ0) is 21.3. The van der Waals surface area contributed by atoms with Gasteiger partial charge in [-0.2, -0.15) is 0 Å². The number of benzene rings is 3. The molecule has 0 amide bonds. The van der Waals surface area contributed by atoms with Gasteiger partial charge in [0.05, 0.1) is 13.7 Å². The Morgan fingerprint density at radius 3 is 2.30 bits per heavy atom. The number of carbonyl (C=O) groups excluding carboxylic acids is 1. The Morgan fingerprint density at radius 1 is 0.933 bits per heavy atom. The van der Waals surface area contributed by atoms with Gasteiger partial charge >= 0.3 is 0 Å². The highest BCUT2D eigenvalue weighted by Crippen LogP contribution is 2.29. The van der Waals surface area contributed by atoms with E-state index in [4.69, 9.17) is 14.2 Å². The molecule has 0 aliphatic rings. The maximum Gasteiger partial charge on any atom is 0.185 e. The van der Waals surface area contributed by atoms with Gasteiger partial charge in [-0.15, -0.1) is 0 Å². The number of phenolic OH excluding ortho intramolecular Hbond substituents is 1. The minimum Gasteiger partial charge on any atom is -0.508 e. The van der Waals surface area contributed by atoms with Gasteiger partial charge < -0.3 is 19.3 Å². The SMILES string of the molecule is CCOc1ccccc1OCc1cc(/C=C/C(=O)c2ccc(O)cc2)ccc1OC. The number of carbonyl (C=O) groups is 1. The van der Waals surface area contributed by atoms with Crippen molar-refractivity contribution in [1.29, 1.82) is 0 Å². The van der Waals surface area contributed by atoms with Crippen molar-refractivity contribution in [3.05, 3.63) is 89.5 Å². The van der Waals surface area contributed by atoms with Gasteiger partial charge in [-0.25, -0.2) is 0 Å². The van der Waals surface area contributed by atoms with Crippen LogP contribution in [0.25, 0.3) is 6.08 Å². The first-order chi connectivity index (χ1) is 14.6. The number of methoxy groups -OCH3 is 1. The van der Waals surface area contributed by atoms with Crippen molar-refractivity contribution in [1.82, 2.24) is 0 Å². The minimum atomic E-state index is -0.144. The number of hydrogen-bond acceptors (Lipinski definition) is 5. The van der Waals surface area contributed by atoms with Crippen LogP contribution in [-0.4, -0.2) is 24.6 Å². The highest BCUT2D eigenvalue weighted by molar-refractivity contribution is 6.06. The maximum atomic E-state index is 12.3. The molecule has 0 heterocycles. The molecule has 0 fully saturated rings. The van der Waals surface area contributed by atoms with Crippen LogP contribution in [0.2, 0.25) is 0 Å². The molecule has 0 saturated heterocycles. The van der Waals surface area contributed by atoms with Gasteiger partial charge in [-0.05, 0) is 67.1 Å². The zero-order valence-corrected chi connectivity index (χ0v) is 17.0. The Bertz CT molecular complexity index is 1020. The quantitative estimate of drug-likeness (QED) is 0.389. The number of phenols is 1. The van der Waals surface area contributed by atoms with Crippen LogP contribution in [0, 0.1) is 0 Å². The van der Waals surface area contributed by atoms with Crippen LogP contribution in [0.3, 0.4) is 0 Å². The molecule has 0 aliphatic carbocycles. The predicted molar refractivity (Wildman–Crippen MR) is 116 cm³/mol. The van der Waals surface area contributed by atoms with E-state index in [9.17, 15) is 9.90 Å². The molecule has 0 unspecified atom stereocenters. The van der Waals surface area contributed by atoms with E-state index in [2.05, 4.69) is 0 Å². The monoisotopic (exact) mass is 404 g/mol. The number of allylic oxidation sites excluding steroid dienone is 1. The fourth-order valence-corrected chi connectivity index (χ4v) is 2.91. The van der Waals surface area contributed by atoms with E-state index in [0.29, 0.717) is 36.0 Å². The molecule has 0 aromatic heterocycles. The first-order valence-electron chi connectivity index (χ1n) is 9.63. The molecule has 0 atom stereocenters. The van der Waals surface area contributed by atoms with E-state index in [1.165, 1.54) is 18.2 Å². The molecule has 154 valence electrons. The number of para-hydroxylation sites is 2. The molecule has 1 N–H and O–H groups in total. The first kappa shape index (κ1) is 21.0. The zero-order valence-electron chi connectivity index (χ0n) is 17.0. The lowest BCUT2D eigenvalue weighted by Gasteiger charge is -2.14. The maximum absolute atomic E-state index is 12.3. The van der Waals surface area contributed by atoms with Crippen molar-refractivity contribution in [2.75, 3.05) is 13.7 Å². The Hall–Kier alpha value is -3.73. The third kappa shape index (κ3) is 5.41. The van der Waals surface area contributed by atoms with Gasteiger partial charge in [-0.3, -0.25) is 4.79 Å². The van der Waals surface area contributed by atoms with Gasteiger partial charge in [0.1, 0.15) is 18.1 Å². The summed E-state index contributed by atoms with van der Waals surface area (Å²) in [5.41, 5.74) is 2.20. The van der Waals surface area contributed by atoms with Crippen molar-refractivity contribution in [2.24, 2.45) is 0 Å². The van der Waals surface area contributed by atoms with Crippen molar-refractivity contribution in [3.8, 4) is 23.0 Å². The number of ether oxygens (including phenoxy) is 3. The van der Waals surface area contributed by atoms with Gasteiger partial charge in [0.15, 0.2) is 17.3 Å². The van der Waals surface area contributed by atoms with Gasteiger partial charge in [0.25, 0.3) is 0 Å². The van der Waals surface area contributed by atoms with Crippen LogP contribution in [-0.2, 0) is 6.61 Å². The number of aromatic hydroxyl groups is 1. The van der Waals surface area contributed by atoms with E-state index in [-0.39, 0.29) is 11.5 Å². The molecular formula is C25H24O5. The van der Waals surface area contributed by atoms with Crippen LogP contribution in [0.4, 0.5) is 0 Å². The second-order valence-electron chi connectivity index (χ2n) is 6.48. The smallest absolute Gasteiger partial charge is 0.185 e. The number of rotatable bonds is 9. The third-order valence-corrected chi connectivity index (χ3v) is 4.42. The average molecular weight is 404 g/mol. The van der Waals surface area contributed by atoms with Crippen molar-refractivity contribution < 1.29 is 24.1 Å². The molecule has 0 bridgehead atoms. The fourth-order valence-electron chi connectivity index (χ4n) is 2.91. The van der Waals surface area contributed by atoms with Crippen LogP contribution in [0.15, 0.2) is 72.8 Å². The van der Waals surface area contributed by atoms with Gasteiger partial charge in [0, 0.05) is 11.1 Å². The van der Waals surface area contributed by atoms with Crippen molar-refractivity contribution >= 4 is 11.9 Å². The van der Waals surface area contributed by atoms with Crippen molar-refractivity contribution in [2.45, 2.75) is 13.5 Å². The highest BCUT2D eigenvalue weighted by atomic mass is 16.5. The molecule has 3 aromatic carbocycles. The standard InChI is InChI=1S/C25H24O5/c1-3-29-24-6-4-5-7-25(24)30-17-20-16-18(9-15-23(20)28-2)8-14-22(27)19-10-12-21(26)13-11-19/h4-16,26H,3,17H2,1-2H3/b14-8+. The molecule has 0 aliphatic heterocycles. The molecule has 30 heavy (non-hydrogen) atoms. The van der Waals surface area contributed by atoms with E-state index < -0.39 is 0 Å². The second kappa shape index (κ2) is 10.2. The van der Waals surface area contributed by atoms with Crippen LogP contribution in [0.5, 0.6) is 23.0 Å². The van der Waals surface area contributed by atoms with Crippen LogP contribution >= 0.6 is 0 Å². The Morgan fingerprint density at radius 2 is 1.63 bits per heavy atom. The molecule has 3 rings (SSSR count). The Balaban J connectivity index is 1.75. The summed E-state index contributed by atoms with van der Waals surface area (Å²) in [5, 5.41) is 9.35. The largest absolute Gasteiger partial charge is 0.508 e. The summed E-state index contributed by atoms with van der Waals surface area (Å²) in [6.45, 7) is 2.77. The topological polar surface area (TPSA) is 65.0 Å². The molecule has 0 radical (unpaired) electrons. The molecule has 0 saturated carbocycles. The summed E-state index contributed by atoms with van der Waals surface area (Å²) in [5.74, 6) is 2.03. The molecule has 3 aromatic rings.